The van der Waals surface area contributed by atoms with Gasteiger partial charge >= 0.3 is 0 Å². The van der Waals surface area contributed by atoms with Crippen molar-refractivity contribution >= 4 is 26.8 Å². The van der Waals surface area contributed by atoms with E-state index < -0.39 is 22.0 Å². The van der Waals surface area contributed by atoms with E-state index in [0.717, 1.165) is 28.6 Å². The molecule has 10 heteroatoms. The summed E-state index contributed by atoms with van der Waals surface area (Å²) in [5.74, 6) is -0.106. The average Bonchev–Trinajstić information content (AvgIpc) is 2.78. The number of carbonyl (C=O) groups excluding carboxylic acids is 1. The summed E-state index contributed by atoms with van der Waals surface area (Å²) in [5.41, 5.74) is 4.39. The summed E-state index contributed by atoms with van der Waals surface area (Å²) in [6.45, 7) is 3.47. The van der Waals surface area contributed by atoms with Crippen LogP contribution in [0.25, 0.3) is 10.9 Å². The SMILES string of the molecule is Cc1cc(COc2ccc(S(=O)(=O)NCC(C(=O)NO)N3CCC3)cc2)c2ccccc2n1. The van der Waals surface area contributed by atoms with Gasteiger partial charge in [-0.05, 0) is 49.7 Å². The van der Waals surface area contributed by atoms with Gasteiger partial charge in [0, 0.05) is 36.3 Å². The van der Waals surface area contributed by atoms with Gasteiger partial charge < -0.3 is 4.74 Å². The number of likely N-dealkylation sites (tertiary alicyclic amines) is 1. The number of carbonyl (C=O) groups is 1. The third-order valence-corrected chi connectivity index (χ3v) is 7.11. The second kappa shape index (κ2) is 9.84. The van der Waals surface area contributed by atoms with Crippen LogP contribution in [-0.4, -0.2) is 55.1 Å². The number of pyridine rings is 1. The van der Waals surface area contributed by atoms with Crippen molar-refractivity contribution in [2.75, 3.05) is 19.6 Å². The number of sulfonamides is 1. The Bertz CT molecular complexity index is 1240. The number of rotatable bonds is 9. The van der Waals surface area contributed by atoms with Crippen molar-refractivity contribution in [3.63, 3.8) is 0 Å². The molecular formula is C23H26N4O5S. The quantitative estimate of drug-likeness (QED) is 0.323. The van der Waals surface area contributed by atoms with E-state index >= 15 is 0 Å². The molecule has 1 atom stereocenters. The molecule has 4 rings (SSSR count). The molecule has 2 heterocycles. The predicted molar refractivity (Wildman–Crippen MR) is 122 cm³/mol. The summed E-state index contributed by atoms with van der Waals surface area (Å²) in [4.78, 5) is 18.3. The fourth-order valence-electron chi connectivity index (χ4n) is 3.78. The molecule has 9 nitrogen and oxygen atoms in total. The molecule has 1 amide bonds. The number of aryl methyl sites for hydroxylation is 1. The molecule has 0 spiro atoms. The van der Waals surface area contributed by atoms with Gasteiger partial charge in [-0.2, -0.15) is 0 Å². The van der Waals surface area contributed by atoms with Crippen molar-refractivity contribution in [3.8, 4) is 5.75 Å². The number of nitrogens with one attached hydrogen (secondary N) is 2. The fourth-order valence-corrected chi connectivity index (χ4v) is 4.82. The Balaban J connectivity index is 1.41. The van der Waals surface area contributed by atoms with Gasteiger partial charge in [0.1, 0.15) is 18.4 Å². The van der Waals surface area contributed by atoms with Gasteiger partial charge in [-0.1, -0.05) is 18.2 Å². The number of ether oxygens (including phenoxy) is 1. The molecule has 174 valence electrons. The fraction of sp³-hybridized carbons (Fsp3) is 0.304. The van der Waals surface area contributed by atoms with Gasteiger partial charge in [0.05, 0.1) is 10.4 Å². The third-order valence-electron chi connectivity index (χ3n) is 5.67. The van der Waals surface area contributed by atoms with E-state index in [1.165, 1.54) is 12.1 Å². The van der Waals surface area contributed by atoms with E-state index in [1.807, 2.05) is 37.3 Å². The molecule has 1 fully saturated rings. The minimum atomic E-state index is -3.84. The van der Waals surface area contributed by atoms with E-state index in [4.69, 9.17) is 9.94 Å². The molecule has 1 aliphatic rings. The number of para-hydroxylation sites is 1. The first-order valence-corrected chi connectivity index (χ1v) is 12.1. The number of nitrogens with zero attached hydrogens (tertiary/aromatic N) is 2. The Morgan fingerprint density at radius 3 is 2.58 bits per heavy atom. The van der Waals surface area contributed by atoms with Gasteiger partial charge in [-0.3, -0.25) is 19.9 Å². The molecule has 1 saturated heterocycles. The molecule has 0 bridgehead atoms. The van der Waals surface area contributed by atoms with Gasteiger partial charge in [0.15, 0.2) is 0 Å². The molecule has 1 aromatic heterocycles. The number of fused-ring (bicyclic) bond motifs is 1. The van der Waals surface area contributed by atoms with E-state index in [9.17, 15) is 13.2 Å². The largest absolute Gasteiger partial charge is 0.489 e. The molecule has 0 aliphatic carbocycles. The first kappa shape index (κ1) is 23.1. The topological polar surface area (TPSA) is 121 Å². The van der Waals surface area contributed by atoms with Crippen LogP contribution in [0.4, 0.5) is 0 Å². The number of hydroxylamine groups is 1. The third kappa shape index (κ3) is 5.31. The highest BCUT2D eigenvalue weighted by Gasteiger charge is 2.31. The van der Waals surface area contributed by atoms with Crippen LogP contribution in [0.1, 0.15) is 17.7 Å². The van der Waals surface area contributed by atoms with Gasteiger partial charge in [-0.15, -0.1) is 0 Å². The van der Waals surface area contributed by atoms with Crippen molar-refractivity contribution in [2.45, 2.75) is 30.9 Å². The van der Waals surface area contributed by atoms with Crippen LogP contribution in [0.15, 0.2) is 59.5 Å². The minimum absolute atomic E-state index is 0.0619. The molecule has 2 aromatic carbocycles. The van der Waals surface area contributed by atoms with E-state index in [1.54, 1.807) is 22.5 Å². The lowest BCUT2D eigenvalue weighted by Crippen LogP contribution is -2.56. The lowest BCUT2D eigenvalue weighted by atomic mass is 10.1. The average molecular weight is 471 g/mol. The zero-order valence-corrected chi connectivity index (χ0v) is 19.0. The van der Waals surface area contributed by atoms with Crippen LogP contribution in [0.5, 0.6) is 5.75 Å². The molecule has 0 radical (unpaired) electrons. The molecule has 0 saturated carbocycles. The maximum Gasteiger partial charge on any atom is 0.262 e. The number of hydrogen-bond donors (Lipinski definition) is 3. The van der Waals surface area contributed by atoms with Crippen LogP contribution in [-0.2, 0) is 21.4 Å². The number of hydrogen-bond acceptors (Lipinski definition) is 7. The van der Waals surface area contributed by atoms with Crippen molar-refractivity contribution < 1.29 is 23.2 Å². The molecule has 3 N–H and O–H groups in total. The molecule has 33 heavy (non-hydrogen) atoms. The normalized spacial score (nSPS) is 15.1. The summed E-state index contributed by atoms with van der Waals surface area (Å²) < 4.78 is 33.7. The highest BCUT2D eigenvalue weighted by molar-refractivity contribution is 7.89. The van der Waals surface area contributed by atoms with E-state index in [2.05, 4.69) is 9.71 Å². The summed E-state index contributed by atoms with van der Waals surface area (Å²) >= 11 is 0. The lowest BCUT2D eigenvalue weighted by Gasteiger charge is -2.36. The second-order valence-corrected chi connectivity index (χ2v) is 9.70. The Kier molecular flexibility index (Phi) is 6.89. The molecule has 1 unspecified atom stereocenters. The van der Waals surface area contributed by atoms with Crippen molar-refractivity contribution in [3.05, 3.63) is 65.9 Å². The Hall–Kier alpha value is -3.05. The zero-order chi connectivity index (χ0) is 23.4. The summed E-state index contributed by atoms with van der Waals surface area (Å²) in [7, 11) is -3.84. The first-order chi connectivity index (χ1) is 15.9. The number of benzene rings is 2. The van der Waals surface area contributed by atoms with Crippen LogP contribution in [0, 0.1) is 6.92 Å². The minimum Gasteiger partial charge on any atom is -0.489 e. The number of amides is 1. The molecular weight excluding hydrogens is 444 g/mol. The van der Waals surface area contributed by atoms with Gasteiger partial charge in [0.2, 0.25) is 10.0 Å². The van der Waals surface area contributed by atoms with Crippen LogP contribution in [0.2, 0.25) is 0 Å². The van der Waals surface area contributed by atoms with E-state index in [-0.39, 0.29) is 11.4 Å². The first-order valence-electron chi connectivity index (χ1n) is 10.6. The van der Waals surface area contributed by atoms with Crippen molar-refractivity contribution in [1.82, 2.24) is 20.1 Å². The smallest absolute Gasteiger partial charge is 0.262 e. The standard InChI is InChI=1S/C23H26N4O5S/c1-16-13-17(20-5-2-3-6-21(20)25-16)15-32-18-7-9-19(10-8-18)33(30,31)24-14-22(23(28)26-29)27-11-4-12-27/h2-3,5-10,13,22,24,29H,4,11-12,14-15H2,1H3,(H,26,28). The summed E-state index contributed by atoms with van der Waals surface area (Å²) in [5, 5.41) is 9.95. The zero-order valence-electron chi connectivity index (χ0n) is 18.2. The highest BCUT2D eigenvalue weighted by atomic mass is 32.2. The summed E-state index contributed by atoms with van der Waals surface area (Å²) in [6.07, 6.45) is 0.929. The Morgan fingerprint density at radius 1 is 1.18 bits per heavy atom. The predicted octanol–water partition coefficient (Wildman–Crippen LogP) is 1.98. The second-order valence-electron chi connectivity index (χ2n) is 7.93. The maximum atomic E-state index is 12.7. The Morgan fingerprint density at radius 2 is 1.91 bits per heavy atom. The van der Waals surface area contributed by atoms with Crippen LogP contribution >= 0.6 is 0 Å². The van der Waals surface area contributed by atoms with Crippen LogP contribution < -0.4 is 14.9 Å². The highest BCUT2D eigenvalue weighted by Crippen LogP contribution is 2.22. The molecule has 3 aromatic rings. The Labute approximate surface area is 192 Å². The molecule has 1 aliphatic heterocycles. The van der Waals surface area contributed by atoms with Gasteiger partial charge in [0.25, 0.3) is 5.91 Å². The number of aromatic nitrogens is 1. The van der Waals surface area contributed by atoms with Gasteiger partial charge in [-0.25, -0.2) is 18.6 Å². The lowest BCUT2D eigenvalue weighted by molar-refractivity contribution is -0.136. The van der Waals surface area contributed by atoms with Crippen molar-refractivity contribution in [2.24, 2.45) is 0 Å². The van der Waals surface area contributed by atoms with E-state index in [0.29, 0.717) is 25.4 Å². The maximum absolute atomic E-state index is 12.7. The van der Waals surface area contributed by atoms with Crippen LogP contribution in [0.3, 0.4) is 0 Å². The summed E-state index contributed by atoms with van der Waals surface area (Å²) in [6, 6.07) is 15.2. The van der Waals surface area contributed by atoms with Crippen molar-refractivity contribution in [1.29, 1.82) is 0 Å². The monoisotopic (exact) mass is 470 g/mol.